The van der Waals surface area contributed by atoms with Crippen LogP contribution in [0.2, 0.25) is 0 Å². The van der Waals surface area contributed by atoms with E-state index in [1.54, 1.807) is 0 Å². The maximum Gasteiger partial charge on any atom is 0.0466 e. The van der Waals surface area contributed by atoms with Gasteiger partial charge in [0.25, 0.3) is 0 Å². The molecular weight excluding hydrogens is 146 g/mol. The van der Waals surface area contributed by atoms with Crippen LogP contribution in [0, 0.1) is 6.92 Å². The maximum atomic E-state index is 4.59. The first kappa shape index (κ1) is 7.78. The van der Waals surface area contributed by atoms with Crippen LogP contribution in [0.3, 0.4) is 0 Å². The molecule has 1 aromatic rings. The first-order valence-corrected chi connectivity index (χ1v) is 4.74. The maximum absolute atomic E-state index is 4.59. The molecule has 0 bridgehead atoms. The smallest absolute Gasteiger partial charge is 0.0466 e. The van der Waals surface area contributed by atoms with Crippen molar-refractivity contribution >= 4 is 0 Å². The van der Waals surface area contributed by atoms with Gasteiger partial charge in [0.1, 0.15) is 0 Å². The second-order valence-electron chi connectivity index (χ2n) is 3.79. The van der Waals surface area contributed by atoms with Gasteiger partial charge in [-0.25, -0.2) is 0 Å². The highest BCUT2D eigenvalue weighted by Gasteiger charge is 2.16. The normalized spacial score (nSPS) is 22.0. The molecule has 0 radical (unpaired) electrons. The SMILES string of the molecule is Cc1ccc2c(n1)[C@H](C)CCC2. The number of aromatic nitrogens is 1. The van der Waals surface area contributed by atoms with Gasteiger partial charge >= 0.3 is 0 Å². The summed E-state index contributed by atoms with van der Waals surface area (Å²) in [5.74, 6) is 0.675. The van der Waals surface area contributed by atoms with E-state index in [-0.39, 0.29) is 0 Å². The average Bonchev–Trinajstić information content (AvgIpc) is 2.07. The third kappa shape index (κ3) is 1.24. The van der Waals surface area contributed by atoms with Crippen molar-refractivity contribution in [1.82, 2.24) is 4.98 Å². The number of fused-ring (bicyclic) bond motifs is 1. The molecule has 2 rings (SSSR count). The quantitative estimate of drug-likeness (QED) is 0.570. The first-order chi connectivity index (χ1) is 5.77. The van der Waals surface area contributed by atoms with E-state index in [0.29, 0.717) is 5.92 Å². The van der Waals surface area contributed by atoms with Crippen LogP contribution in [-0.2, 0) is 6.42 Å². The van der Waals surface area contributed by atoms with Crippen molar-refractivity contribution in [3.63, 3.8) is 0 Å². The van der Waals surface area contributed by atoms with Gasteiger partial charge in [0.2, 0.25) is 0 Å². The van der Waals surface area contributed by atoms with Gasteiger partial charge in [-0.05, 0) is 43.7 Å². The molecule has 64 valence electrons. The number of pyridine rings is 1. The van der Waals surface area contributed by atoms with Crippen LogP contribution in [0.15, 0.2) is 12.1 Å². The summed E-state index contributed by atoms with van der Waals surface area (Å²) in [6.07, 6.45) is 3.87. The van der Waals surface area contributed by atoms with Crippen molar-refractivity contribution in [2.45, 2.75) is 39.0 Å². The Hall–Kier alpha value is -0.850. The lowest BCUT2D eigenvalue weighted by molar-refractivity contribution is 0.572. The van der Waals surface area contributed by atoms with E-state index in [1.807, 2.05) is 0 Å². The molecule has 1 nitrogen and oxygen atoms in total. The first-order valence-electron chi connectivity index (χ1n) is 4.74. The van der Waals surface area contributed by atoms with E-state index in [2.05, 4.69) is 31.0 Å². The molecule has 1 aromatic heterocycles. The summed E-state index contributed by atoms with van der Waals surface area (Å²) in [6.45, 7) is 4.35. The highest BCUT2D eigenvalue weighted by molar-refractivity contribution is 5.27. The Morgan fingerprint density at radius 1 is 1.42 bits per heavy atom. The van der Waals surface area contributed by atoms with Gasteiger partial charge in [0.15, 0.2) is 0 Å². The number of hydrogen-bond donors (Lipinski definition) is 0. The molecule has 1 heterocycles. The lowest BCUT2D eigenvalue weighted by Gasteiger charge is -2.21. The summed E-state index contributed by atoms with van der Waals surface area (Å²) < 4.78 is 0. The average molecular weight is 161 g/mol. The molecule has 0 saturated carbocycles. The van der Waals surface area contributed by atoms with E-state index in [9.17, 15) is 0 Å². The minimum atomic E-state index is 0.675. The lowest BCUT2D eigenvalue weighted by atomic mass is 9.88. The summed E-state index contributed by atoms with van der Waals surface area (Å²) in [6, 6.07) is 4.37. The fourth-order valence-corrected chi connectivity index (χ4v) is 1.98. The van der Waals surface area contributed by atoms with Crippen LogP contribution in [0.5, 0.6) is 0 Å². The Kier molecular flexibility index (Phi) is 1.87. The van der Waals surface area contributed by atoms with Gasteiger partial charge in [-0.2, -0.15) is 0 Å². The van der Waals surface area contributed by atoms with Gasteiger partial charge in [-0.3, -0.25) is 4.98 Å². The van der Waals surface area contributed by atoms with Crippen molar-refractivity contribution < 1.29 is 0 Å². The second-order valence-corrected chi connectivity index (χ2v) is 3.79. The molecule has 0 unspecified atom stereocenters. The third-order valence-corrected chi connectivity index (χ3v) is 2.70. The van der Waals surface area contributed by atoms with Crippen LogP contribution >= 0.6 is 0 Å². The molecule has 0 N–H and O–H groups in total. The lowest BCUT2D eigenvalue weighted by Crippen LogP contribution is -2.09. The number of nitrogens with zero attached hydrogens (tertiary/aromatic N) is 1. The van der Waals surface area contributed by atoms with E-state index in [0.717, 1.165) is 5.69 Å². The Morgan fingerprint density at radius 3 is 3.08 bits per heavy atom. The highest BCUT2D eigenvalue weighted by Crippen LogP contribution is 2.29. The summed E-state index contributed by atoms with van der Waals surface area (Å²) >= 11 is 0. The Labute approximate surface area is 73.8 Å². The zero-order valence-corrected chi connectivity index (χ0v) is 7.80. The molecule has 0 fully saturated rings. The molecule has 1 atom stereocenters. The predicted molar refractivity (Wildman–Crippen MR) is 50.3 cm³/mol. The molecule has 0 spiro atoms. The molecule has 0 amide bonds. The molecular formula is C11H15N. The fraction of sp³-hybridized carbons (Fsp3) is 0.545. The summed E-state index contributed by atoms with van der Waals surface area (Å²) in [5, 5.41) is 0. The largest absolute Gasteiger partial charge is 0.258 e. The topological polar surface area (TPSA) is 12.9 Å². The predicted octanol–water partition coefficient (Wildman–Crippen LogP) is 2.83. The summed E-state index contributed by atoms with van der Waals surface area (Å²) in [5.41, 5.74) is 3.98. The van der Waals surface area contributed by atoms with E-state index < -0.39 is 0 Å². The van der Waals surface area contributed by atoms with Crippen LogP contribution in [-0.4, -0.2) is 4.98 Å². The van der Waals surface area contributed by atoms with Crippen molar-refractivity contribution in [3.8, 4) is 0 Å². The van der Waals surface area contributed by atoms with Gasteiger partial charge in [-0.15, -0.1) is 0 Å². The van der Waals surface area contributed by atoms with Gasteiger partial charge in [0, 0.05) is 11.4 Å². The van der Waals surface area contributed by atoms with Crippen molar-refractivity contribution in [2.75, 3.05) is 0 Å². The number of rotatable bonds is 0. The van der Waals surface area contributed by atoms with Crippen molar-refractivity contribution in [1.29, 1.82) is 0 Å². The van der Waals surface area contributed by atoms with Crippen LogP contribution in [0.1, 0.15) is 42.6 Å². The molecule has 12 heavy (non-hydrogen) atoms. The van der Waals surface area contributed by atoms with Crippen molar-refractivity contribution in [2.24, 2.45) is 0 Å². The summed E-state index contributed by atoms with van der Waals surface area (Å²) in [7, 11) is 0. The fourth-order valence-electron chi connectivity index (χ4n) is 1.98. The second kappa shape index (κ2) is 2.89. The molecule has 1 heteroatoms. The van der Waals surface area contributed by atoms with Gasteiger partial charge < -0.3 is 0 Å². The van der Waals surface area contributed by atoms with E-state index in [4.69, 9.17) is 0 Å². The molecule has 1 aliphatic carbocycles. The number of hydrogen-bond acceptors (Lipinski definition) is 1. The molecule has 0 aliphatic heterocycles. The van der Waals surface area contributed by atoms with E-state index >= 15 is 0 Å². The zero-order chi connectivity index (χ0) is 8.55. The molecule has 0 saturated heterocycles. The van der Waals surface area contributed by atoms with Gasteiger partial charge in [0.05, 0.1) is 0 Å². The minimum Gasteiger partial charge on any atom is -0.258 e. The Bertz CT molecular complexity index is 291. The van der Waals surface area contributed by atoms with Crippen LogP contribution in [0.25, 0.3) is 0 Å². The Balaban J connectivity index is 2.47. The molecule has 1 aliphatic rings. The third-order valence-electron chi connectivity index (χ3n) is 2.70. The minimum absolute atomic E-state index is 0.675. The molecule has 0 aromatic carbocycles. The van der Waals surface area contributed by atoms with Gasteiger partial charge in [-0.1, -0.05) is 13.0 Å². The van der Waals surface area contributed by atoms with Crippen LogP contribution in [0.4, 0.5) is 0 Å². The van der Waals surface area contributed by atoms with E-state index in [1.165, 1.54) is 30.5 Å². The number of aryl methyl sites for hydroxylation is 2. The van der Waals surface area contributed by atoms with Crippen LogP contribution < -0.4 is 0 Å². The monoisotopic (exact) mass is 161 g/mol. The zero-order valence-electron chi connectivity index (χ0n) is 7.80. The standard InChI is InChI=1S/C11H15N/c1-8-4-3-5-10-7-6-9(2)12-11(8)10/h6-8H,3-5H2,1-2H3/t8-/m1/s1. The Morgan fingerprint density at radius 2 is 2.25 bits per heavy atom. The van der Waals surface area contributed by atoms with Crippen molar-refractivity contribution in [3.05, 3.63) is 29.1 Å². The summed E-state index contributed by atoms with van der Waals surface area (Å²) in [4.78, 5) is 4.59. The highest BCUT2D eigenvalue weighted by atomic mass is 14.7.